The maximum Gasteiger partial charge on any atom is 0.122 e. The third-order valence-electron chi connectivity index (χ3n) is 4.34. The zero-order valence-electron chi connectivity index (χ0n) is 12.1. The van der Waals surface area contributed by atoms with Gasteiger partial charge < -0.3 is 9.47 Å². The molecule has 0 bridgehead atoms. The molecule has 4 heteroatoms. The standard InChI is InChI=1S/C17H20N2O2/c1-2-15-8-14(3-4-17(15)21-6-1)16-9-18-19(11-16)10-13-5-7-20-12-13/h3-4,8-9,11,13H,1-2,5-7,10,12H2. The fourth-order valence-corrected chi connectivity index (χ4v) is 3.14. The van der Waals surface area contributed by atoms with Gasteiger partial charge in [0.25, 0.3) is 0 Å². The minimum Gasteiger partial charge on any atom is -0.493 e. The van der Waals surface area contributed by atoms with Crippen molar-refractivity contribution in [2.24, 2.45) is 5.92 Å². The molecule has 1 aromatic heterocycles. The Kier molecular flexibility index (Phi) is 3.39. The highest BCUT2D eigenvalue weighted by Crippen LogP contribution is 2.30. The lowest BCUT2D eigenvalue weighted by Crippen LogP contribution is -2.10. The van der Waals surface area contributed by atoms with E-state index in [0.717, 1.165) is 51.4 Å². The van der Waals surface area contributed by atoms with Crippen LogP contribution in [0.15, 0.2) is 30.6 Å². The average molecular weight is 284 g/mol. The molecule has 110 valence electrons. The van der Waals surface area contributed by atoms with Crippen LogP contribution in [0.3, 0.4) is 0 Å². The number of ether oxygens (including phenoxy) is 2. The summed E-state index contributed by atoms with van der Waals surface area (Å²) in [6.07, 6.45) is 7.46. The van der Waals surface area contributed by atoms with E-state index >= 15 is 0 Å². The van der Waals surface area contributed by atoms with Crippen molar-refractivity contribution in [1.29, 1.82) is 0 Å². The van der Waals surface area contributed by atoms with Gasteiger partial charge in [-0.15, -0.1) is 0 Å². The van der Waals surface area contributed by atoms with Crippen LogP contribution in [0.25, 0.3) is 11.1 Å². The molecule has 0 radical (unpaired) electrons. The first-order valence-electron chi connectivity index (χ1n) is 7.75. The third-order valence-corrected chi connectivity index (χ3v) is 4.34. The minimum atomic E-state index is 0.606. The van der Waals surface area contributed by atoms with Gasteiger partial charge >= 0.3 is 0 Å². The monoisotopic (exact) mass is 284 g/mol. The van der Waals surface area contributed by atoms with E-state index in [4.69, 9.17) is 9.47 Å². The first-order chi connectivity index (χ1) is 10.4. The molecular weight excluding hydrogens is 264 g/mol. The van der Waals surface area contributed by atoms with Crippen LogP contribution in [-0.2, 0) is 17.7 Å². The second kappa shape index (κ2) is 5.53. The number of hydrogen-bond donors (Lipinski definition) is 0. The number of benzene rings is 1. The van der Waals surface area contributed by atoms with Crippen molar-refractivity contribution in [2.45, 2.75) is 25.8 Å². The highest BCUT2D eigenvalue weighted by atomic mass is 16.5. The first-order valence-corrected chi connectivity index (χ1v) is 7.75. The second-order valence-corrected chi connectivity index (χ2v) is 5.96. The molecule has 0 saturated carbocycles. The Balaban J connectivity index is 1.54. The molecule has 0 aliphatic carbocycles. The molecule has 1 saturated heterocycles. The van der Waals surface area contributed by atoms with E-state index in [-0.39, 0.29) is 0 Å². The summed E-state index contributed by atoms with van der Waals surface area (Å²) in [6.45, 7) is 3.55. The summed E-state index contributed by atoms with van der Waals surface area (Å²) in [5.41, 5.74) is 3.73. The maximum atomic E-state index is 5.67. The van der Waals surface area contributed by atoms with Crippen LogP contribution in [0.4, 0.5) is 0 Å². The highest BCUT2D eigenvalue weighted by Gasteiger charge is 2.17. The van der Waals surface area contributed by atoms with E-state index in [1.807, 2.05) is 10.9 Å². The zero-order chi connectivity index (χ0) is 14.1. The molecule has 4 rings (SSSR count). The van der Waals surface area contributed by atoms with E-state index in [9.17, 15) is 0 Å². The molecule has 21 heavy (non-hydrogen) atoms. The Labute approximate surface area is 124 Å². The Hall–Kier alpha value is -1.81. The molecule has 2 aliphatic heterocycles. The van der Waals surface area contributed by atoms with Crippen LogP contribution in [0.5, 0.6) is 5.75 Å². The predicted molar refractivity (Wildman–Crippen MR) is 80.4 cm³/mol. The van der Waals surface area contributed by atoms with Gasteiger partial charge in [0.15, 0.2) is 0 Å². The summed E-state index contributed by atoms with van der Waals surface area (Å²) in [4.78, 5) is 0. The lowest BCUT2D eigenvalue weighted by Gasteiger charge is -2.17. The van der Waals surface area contributed by atoms with Gasteiger partial charge in [-0.25, -0.2) is 0 Å². The number of rotatable bonds is 3. The fourth-order valence-electron chi connectivity index (χ4n) is 3.14. The predicted octanol–water partition coefficient (Wildman–Crippen LogP) is 2.91. The molecule has 1 unspecified atom stereocenters. The molecule has 2 aromatic rings. The summed E-state index contributed by atoms with van der Waals surface area (Å²) < 4.78 is 13.1. The number of fused-ring (bicyclic) bond motifs is 1. The van der Waals surface area contributed by atoms with Crippen molar-refractivity contribution in [3.05, 3.63) is 36.2 Å². The van der Waals surface area contributed by atoms with Crippen molar-refractivity contribution in [2.75, 3.05) is 19.8 Å². The summed E-state index contributed by atoms with van der Waals surface area (Å²) in [6, 6.07) is 6.46. The molecule has 0 spiro atoms. The Bertz CT molecular complexity index is 629. The first kappa shape index (κ1) is 12.9. The Morgan fingerprint density at radius 3 is 3.14 bits per heavy atom. The molecule has 1 fully saturated rings. The summed E-state index contributed by atoms with van der Waals surface area (Å²) in [5.74, 6) is 1.65. The Morgan fingerprint density at radius 1 is 1.24 bits per heavy atom. The van der Waals surface area contributed by atoms with E-state index in [1.165, 1.54) is 16.7 Å². The molecule has 0 amide bonds. The Morgan fingerprint density at radius 2 is 2.24 bits per heavy atom. The molecular formula is C17H20N2O2. The van der Waals surface area contributed by atoms with Gasteiger partial charge in [0, 0.05) is 30.8 Å². The van der Waals surface area contributed by atoms with Gasteiger partial charge in [0.2, 0.25) is 0 Å². The zero-order valence-corrected chi connectivity index (χ0v) is 12.1. The topological polar surface area (TPSA) is 36.3 Å². The van der Waals surface area contributed by atoms with Gasteiger partial charge in [-0.3, -0.25) is 4.68 Å². The number of nitrogens with zero attached hydrogens (tertiary/aromatic N) is 2. The van der Waals surface area contributed by atoms with E-state index in [0.29, 0.717) is 5.92 Å². The summed E-state index contributed by atoms with van der Waals surface area (Å²) in [7, 11) is 0. The molecule has 1 aromatic carbocycles. The van der Waals surface area contributed by atoms with Crippen molar-refractivity contribution < 1.29 is 9.47 Å². The molecule has 2 aliphatic rings. The quantitative estimate of drug-likeness (QED) is 0.869. The van der Waals surface area contributed by atoms with E-state index in [1.54, 1.807) is 0 Å². The van der Waals surface area contributed by atoms with Gasteiger partial charge in [-0.05, 0) is 42.5 Å². The lowest BCUT2D eigenvalue weighted by molar-refractivity contribution is 0.181. The van der Waals surface area contributed by atoms with Crippen LogP contribution >= 0.6 is 0 Å². The molecule has 4 nitrogen and oxygen atoms in total. The lowest BCUT2D eigenvalue weighted by atomic mass is 10.0. The maximum absolute atomic E-state index is 5.67. The summed E-state index contributed by atoms with van der Waals surface area (Å²) >= 11 is 0. The third kappa shape index (κ3) is 2.68. The van der Waals surface area contributed by atoms with Crippen molar-refractivity contribution in [1.82, 2.24) is 9.78 Å². The highest BCUT2D eigenvalue weighted by molar-refractivity contribution is 5.64. The van der Waals surface area contributed by atoms with Gasteiger partial charge in [-0.1, -0.05) is 6.07 Å². The second-order valence-electron chi connectivity index (χ2n) is 5.96. The van der Waals surface area contributed by atoms with Crippen LogP contribution < -0.4 is 4.74 Å². The van der Waals surface area contributed by atoms with Crippen molar-refractivity contribution in [3.63, 3.8) is 0 Å². The molecule has 0 N–H and O–H groups in total. The fraction of sp³-hybridized carbons (Fsp3) is 0.471. The van der Waals surface area contributed by atoms with E-state index in [2.05, 4.69) is 29.5 Å². The SMILES string of the molecule is c1cc2c(cc1-c1cnn(CC3CCOC3)c1)CCCO2. The van der Waals surface area contributed by atoms with Gasteiger partial charge in [0.1, 0.15) is 5.75 Å². The van der Waals surface area contributed by atoms with Crippen molar-refractivity contribution in [3.8, 4) is 16.9 Å². The summed E-state index contributed by atoms with van der Waals surface area (Å²) in [5, 5.41) is 4.50. The minimum absolute atomic E-state index is 0.606. The van der Waals surface area contributed by atoms with Crippen LogP contribution in [0.1, 0.15) is 18.4 Å². The van der Waals surface area contributed by atoms with E-state index < -0.39 is 0 Å². The van der Waals surface area contributed by atoms with Crippen LogP contribution in [0.2, 0.25) is 0 Å². The van der Waals surface area contributed by atoms with Gasteiger partial charge in [0.05, 0.1) is 19.4 Å². The normalized spacial score (nSPS) is 21.0. The molecule has 1 atom stereocenters. The smallest absolute Gasteiger partial charge is 0.122 e. The van der Waals surface area contributed by atoms with Crippen LogP contribution in [-0.4, -0.2) is 29.6 Å². The number of aromatic nitrogens is 2. The number of hydrogen-bond acceptors (Lipinski definition) is 3. The van der Waals surface area contributed by atoms with Crippen molar-refractivity contribution >= 4 is 0 Å². The average Bonchev–Trinajstić information content (AvgIpc) is 3.19. The van der Waals surface area contributed by atoms with Crippen LogP contribution in [0, 0.1) is 5.92 Å². The van der Waals surface area contributed by atoms with Gasteiger partial charge in [-0.2, -0.15) is 5.10 Å². The molecule has 3 heterocycles. The number of aryl methyl sites for hydroxylation is 1. The largest absolute Gasteiger partial charge is 0.493 e.